The predicted molar refractivity (Wildman–Crippen MR) is 118 cm³/mol. The second kappa shape index (κ2) is 7.51. The first-order chi connectivity index (χ1) is 16.1. The lowest BCUT2D eigenvalue weighted by molar-refractivity contribution is 0.499. The summed E-state index contributed by atoms with van der Waals surface area (Å²) in [5.74, 6) is -0.215. The highest BCUT2D eigenvalue weighted by molar-refractivity contribution is 5.59. The van der Waals surface area contributed by atoms with Crippen LogP contribution in [0.5, 0.6) is 0 Å². The van der Waals surface area contributed by atoms with Crippen molar-refractivity contribution in [1.29, 1.82) is 0 Å². The normalized spacial score (nSPS) is 16.0. The molecule has 0 spiro atoms. The molecule has 0 unspecified atom stereocenters. The van der Waals surface area contributed by atoms with Crippen molar-refractivity contribution < 1.29 is 8.81 Å². The molecule has 1 N–H and O–H groups in total. The van der Waals surface area contributed by atoms with E-state index in [2.05, 4.69) is 51.1 Å². The van der Waals surface area contributed by atoms with E-state index in [0.29, 0.717) is 12.5 Å². The smallest absolute Gasteiger partial charge is 0.319 e. The number of anilines is 1. The Morgan fingerprint density at radius 2 is 2.09 bits per heavy atom. The lowest BCUT2D eigenvalue weighted by atomic mass is 9.99. The third-order valence-corrected chi connectivity index (χ3v) is 6.03. The van der Waals surface area contributed by atoms with Crippen LogP contribution in [-0.2, 0) is 6.42 Å². The monoisotopic (exact) mass is 444 g/mol. The summed E-state index contributed by atoms with van der Waals surface area (Å²) in [6.45, 7) is 4.94. The maximum absolute atomic E-state index is 14.2. The van der Waals surface area contributed by atoms with Crippen molar-refractivity contribution in [3.8, 4) is 11.5 Å². The van der Waals surface area contributed by atoms with E-state index in [0.717, 1.165) is 29.0 Å². The largest absolute Gasteiger partial charge is 0.403 e. The third kappa shape index (κ3) is 3.17. The van der Waals surface area contributed by atoms with Crippen molar-refractivity contribution >= 4 is 11.5 Å². The number of nitrogens with one attached hydrogen (secondary N) is 1. The molecule has 6 rings (SSSR count). The number of hydrogen-bond donors (Lipinski definition) is 1. The van der Waals surface area contributed by atoms with Crippen LogP contribution in [0, 0.1) is 5.95 Å². The molecule has 5 aromatic rings. The van der Waals surface area contributed by atoms with Gasteiger partial charge in [0.1, 0.15) is 6.04 Å². The first-order valence-electron chi connectivity index (χ1n) is 10.8. The van der Waals surface area contributed by atoms with Crippen LogP contribution in [0.15, 0.2) is 53.5 Å². The first-order valence-corrected chi connectivity index (χ1v) is 10.8. The molecular formula is C23H21FN8O. The minimum Gasteiger partial charge on any atom is -0.403 e. The summed E-state index contributed by atoms with van der Waals surface area (Å²) in [7, 11) is 0. The average Bonchev–Trinajstić information content (AvgIpc) is 3.56. The maximum atomic E-state index is 14.2. The van der Waals surface area contributed by atoms with E-state index < -0.39 is 5.95 Å². The molecule has 0 aromatic carbocycles. The van der Waals surface area contributed by atoms with Gasteiger partial charge < -0.3 is 14.3 Å². The van der Waals surface area contributed by atoms with Crippen molar-refractivity contribution in [2.24, 2.45) is 0 Å². The van der Waals surface area contributed by atoms with Gasteiger partial charge in [-0.3, -0.25) is 0 Å². The second-order valence-electron chi connectivity index (χ2n) is 8.36. The van der Waals surface area contributed by atoms with Gasteiger partial charge in [0.2, 0.25) is 5.95 Å². The molecule has 1 atom stereocenters. The number of fused-ring (bicyclic) bond motifs is 2. The number of hydrogen-bond acceptors (Lipinski definition) is 7. The van der Waals surface area contributed by atoms with Gasteiger partial charge in [0.25, 0.3) is 5.89 Å². The number of aromatic amines is 1. The zero-order valence-corrected chi connectivity index (χ0v) is 18.1. The van der Waals surface area contributed by atoms with Crippen LogP contribution in [0.4, 0.5) is 10.4 Å². The number of nitrogens with zero attached hydrogens (tertiary/aromatic N) is 7. The van der Waals surface area contributed by atoms with E-state index in [4.69, 9.17) is 9.52 Å². The molecule has 1 aliphatic rings. The van der Waals surface area contributed by atoms with Gasteiger partial charge in [-0.1, -0.05) is 25.0 Å². The molecule has 9 nitrogen and oxygen atoms in total. The van der Waals surface area contributed by atoms with Gasteiger partial charge in [-0.05, 0) is 35.7 Å². The van der Waals surface area contributed by atoms with Gasteiger partial charge in [-0.2, -0.15) is 9.49 Å². The highest BCUT2D eigenvalue weighted by Gasteiger charge is 2.36. The summed E-state index contributed by atoms with van der Waals surface area (Å²) in [5, 5.41) is 13.2. The van der Waals surface area contributed by atoms with E-state index in [-0.39, 0.29) is 23.5 Å². The molecule has 0 fully saturated rings. The quantitative estimate of drug-likeness (QED) is 0.419. The van der Waals surface area contributed by atoms with Gasteiger partial charge in [0.15, 0.2) is 0 Å². The van der Waals surface area contributed by atoms with Crippen molar-refractivity contribution in [2.45, 2.75) is 32.2 Å². The fraction of sp³-hybridized carbons (Fsp3) is 0.261. The summed E-state index contributed by atoms with van der Waals surface area (Å²) in [6.07, 6.45) is 5.75. The Labute approximate surface area is 188 Å². The van der Waals surface area contributed by atoms with Crippen LogP contribution in [0.2, 0.25) is 0 Å². The highest BCUT2D eigenvalue weighted by Crippen LogP contribution is 2.37. The molecule has 6 heterocycles. The number of pyridine rings is 2. The van der Waals surface area contributed by atoms with E-state index in [9.17, 15) is 4.39 Å². The summed E-state index contributed by atoms with van der Waals surface area (Å²) < 4.78 is 22.0. The van der Waals surface area contributed by atoms with Gasteiger partial charge in [0.05, 0.1) is 28.8 Å². The molecule has 0 aliphatic carbocycles. The van der Waals surface area contributed by atoms with Crippen LogP contribution in [0.25, 0.3) is 17.0 Å². The van der Waals surface area contributed by atoms with Gasteiger partial charge in [-0.15, -0.1) is 5.10 Å². The highest BCUT2D eigenvalue weighted by atomic mass is 19.1. The Hall–Kier alpha value is -4.08. The minimum atomic E-state index is -0.654. The minimum absolute atomic E-state index is 0.0827. The van der Waals surface area contributed by atoms with Gasteiger partial charge in [-0.25, -0.2) is 14.5 Å². The molecule has 0 amide bonds. The average molecular weight is 444 g/mol. The molecule has 0 saturated heterocycles. The van der Waals surface area contributed by atoms with Crippen molar-refractivity contribution in [2.75, 3.05) is 11.4 Å². The van der Waals surface area contributed by atoms with Crippen LogP contribution in [-0.4, -0.2) is 41.3 Å². The molecule has 10 heteroatoms. The Bertz CT molecular complexity index is 1450. The standard InChI is InChI=1S/C23H21FN8O/c1-13(2)14-6-4-9-32-18(14)11-17(30-32)20-19-16(26-12-27-19)7-10-31(20)23-29-28-22(33-23)15-5-3-8-25-21(15)24/h3-6,8-9,11-13,20H,7,10H2,1-2H3,(H,26,27)/t20-/m0/s1. The molecule has 33 heavy (non-hydrogen) atoms. The van der Waals surface area contributed by atoms with Crippen LogP contribution in [0.1, 0.15) is 48.5 Å². The van der Waals surface area contributed by atoms with E-state index in [1.165, 1.54) is 11.8 Å². The summed E-state index contributed by atoms with van der Waals surface area (Å²) in [4.78, 5) is 13.5. The Balaban J connectivity index is 1.46. The number of imidazole rings is 1. The fourth-order valence-corrected chi connectivity index (χ4v) is 4.45. The van der Waals surface area contributed by atoms with Crippen LogP contribution >= 0.6 is 0 Å². The molecule has 1 aliphatic heterocycles. The molecule has 0 bridgehead atoms. The summed E-state index contributed by atoms with van der Waals surface area (Å²) >= 11 is 0. The first kappa shape index (κ1) is 19.6. The van der Waals surface area contributed by atoms with E-state index in [1.807, 2.05) is 21.7 Å². The number of rotatable bonds is 4. The molecule has 0 saturated carbocycles. The van der Waals surface area contributed by atoms with E-state index in [1.54, 1.807) is 18.5 Å². The number of halogens is 1. The lowest BCUT2D eigenvalue weighted by Gasteiger charge is -2.32. The zero-order chi connectivity index (χ0) is 22.5. The molecule has 166 valence electrons. The molecular weight excluding hydrogens is 423 g/mol. The topological polar surface area (TPSA) is 101 Å². The molecule has 0 radical (unpaired) electrons. The fourth-order valence-electron chi connectivity index (χ4n) is 4.45. The van der Waals surface area contributed by atoms with Crippen molar-refractivity contribution in [1.82, 2.24) is 34.8 Å². The third-order valence-electron chi connectivity index (χ3n) is 6.03. The van der Waals surface area contributed by atoms with E-state index >= 15 is 0 Å². The SMILES string of the molecule is CC(C)c1cccn2nc([C@H]3c4nc[nH]c4CCN3c3nnc(-c4cccnc4F)o3)cc12. The molecule has 5 aromatic heterocycles. The van der Waals surface area contributed by atoms with Crippen molar-refractivity contribution in [3.05, 3.63) is 77.6 Å². The second-order valence-corrected chi connectivity index (χ2v) is 8.36. The van der Waals surface area contributed by atoms with Crippen LogP contribution in [0.3, 0.4) is 0 Å². The van der Waals surface area contributed by atoms with Crippen LogP contribution < -0.4 is 4.90 Å². The summed E-state index contributed by atoms with van der Waals surface area (Å²) in [6, 6.07) is 9.37. The predicted octanol–water partition coefficient (Wildman–Crippen LogP) is 3.92. The zero-order valence-electron chi connectivity index (χ0n) is 18.1. The maximum Gasteiger partial charge on any atom is 0.319 e. The summed E-state index contributed by atoms with van der Waals surface area (Å²) in [5.41, 5.74) is 5.17. The number of H-pyrrole nitrogens is 1. The Kier molecular flexibility index (Phi) is 4.46. The van der Waals surface area contributed by atoms with Gasteiger partial charge >= 0.3 is 6.01 Å². The number of aromatic nitrogens is 7. The Morgan fingerprint density at radius 3 is 2.94 bits per heavy atom. The lowest BCUT2D eigenvalue weighted by Crippen LogP contribution is -2.36. The Morgan fingerprint density at radius 1 is 1.18 bits per heavy atom. The van der Waals surface area contributed by atoms with Crippen molar-refractivity contribution in [3.63, 3.8) is 0 Å². The van der Waals surface area contributed by atoms with Gasteiger partial charge in [0, 0.05) is 31.1 Å².